The molecule has 0 spiro atoms. The Morgan fingerprint density at radius 1 is 1.31 bits per heavy atom. The normalized spacial score (nSPS) is 16.1. The van der Waals surface area contributed by atoms with Gasteiger partial charge in [-0.3, -0.25) is 9.59 Å². The van der Waals surface area contributed by atoms with Crippen molar-refractivity contribution in [3.05, 3.63) is 30.1 Å². The smallest absolute Gasteiger partial charge is 0.235 e. The molecule has 1 aliphatic rings. The number of anilines is 1. The molecule has 26 heavy (non-hydrogen) atoms. The zero-order chi connectivity index (χ0) is 18.9. The van der Waals surface area contributed by atoms with E-state index in [0.717, 1.165) is 38.9 Å². The highest BCUT2D eigenvalue weighted by molar-refractivity contribution is 8.01. The van der Waals surface area contributed by atoms with Gasteiger partial charge in [0, 0.05) is 18.3 Å². The molecule has 1 unspecified atom stereocenters. The molecule has 0 saturated carbocycles. The van der Waals surface area contributed by atoms with Gasteiger partial charge in [0.25, 0.3) is 0 Å². The van der Waals surface area contributed by atoms with E-state index in [9.17, 15) is 14.0 Å². The summed E-state index contributed by atoms with van der Waals surface area (Å²) in [4.78, 5) is 26.9. The van der Waals surface area contributed by atoms with Crippen LogP contribution < -0.4 is 10.6 Å². The summed E-state index contributed by atoms with van der Waals surface area (Å²) in [5, 5.41) is 5.78. The van der Waals surface area contributed by atoms with Crippen LogP contribution in [-0.2, 0) is 9.59 Å². The van der Waals surface area contributed by atoms with Crippen LogP contribution in [0.25, 0.3) is 0 Å². The van der Waals surface area contributed by atoms with E-state index in [1.807, 2.05) is 11.8 Å². The highest BCUT2D eigenvalue weighted by Crippen LogP contribution is 2.20. The molecule has 7 heteroatoms. The predicted octanol–water partition coefficient (Wildman–Crippen LogP) is 2.88. The van der Waals surface area contributed by atoms with Crippen LogP contribution in [0.5, 0.6) is 0 Å². The molecule has 0 aliphatic carbocycles. The Bertz CT molecular complexity index is 591. The fraction of sp³-hybridized carbons (Fsp3) is 0.579. The number of carbonyl (C=O) groups excluding carboxylic acids is 2. The van der Waals surface area contributed by atoms with Gasteiger partial charge in [-0.25, -0.2) is 4.39 Å². The Hall–Kier alpha value is -1.60. The topological polar surface area (TPSA) is 61.4 Å². The second kappa shape index (κ2) is 10.5. The molecule has 5 nitrogen and oxygen atoms in total. The summed E-state index contributed by atoms with van der Waals surface area (Å²) in [5.41, 5.74) is 0.554. The second-order valence-corrected chi connectivity index (χ2v) is 7.85. The molecular weight excluding hydrogens is 353 g/mol. The van der Waals surface area contributed by atoms with Crippen LogP contribution in [0.3, 0.4) is 0 Å². The van der Waals surface area contributed by atoms with E-state index in [0.29, 0.717) is 11.7 Å². The molecular formula is C19H28FN3O2S. The molecule has 1 aromatic rings. The van der Waals surface area contributed by atoms with Crippen molar-refractivity contribution in [2.45, 2.75) is 44.4 Å². The lowest BCUT2D eigenvalue weighted by molar-refractivity contribution is -0.133. The Morgan fingerprint density at radius 3 is 2.58 bits per heavy atom. The lowest BCUT2D eigenvalue weighted by Crippen LogP contribution is -2.49. The van der Waals surface area contributed by atoms with Crippen LogP contribution in [-0.4, -0.2) is 53.4 Å². The van der Waals surface area contributed by atoms with Crippen molar-refractivity contribution < 1.29 is 14.0 Å². The van der Waals surface area contributed by atoms with Gasteiger partial charge in [-0.15, -0.1) is 11.8 Å². The molecule has 1 aliphatic heterocycles. The molecule has 1 saturated heterocycles. The number of amides is 2. The van der Waals surface area contributed by atoms with E-state index >= 15 is 0 Å². The van der Waals surface area contributed by atoms with Crippen molar-refractivity contribution in [1.82, 2.24) is 10.2 Å². The van der Waals surface area contributed by atoms with Gasteiger partial charge in [0.2, 0.25) is 11.8 Å². The maximum absolute atomic E-state index is 12.9. The van der Waals surface area contributed by atoms with E-state index in [1.54, 1.807) is 0 Å². The van der Waals surface area contributed by atoms with E-state index < -0.39 is 0 Å². The molecule has 1 heterocycles. The van der Waals surface area contributed by atoms with Crippen LogP contribution in [0.1, 0.15) is 33.1 Å². The number of nitrogens with zero attached hydrogens (tertiary/aromatic N) is 1. The number of carbonyl (C=O) groups is 2. The Morgan fingerprint density at radius 2 is 1.96 bits per heavy atom. The van der Waals surface area contributed by atoms with Gasteiger partial charge in [-0.2, -0.15) is 0 Å². The highest BCUT2D eigenvalue weighted by Gasteiger charge is 2.28. The Balaban J connectivity index is 1.83. The van der Waals surface area contributed by atoms with E-state index in [-0.39, 0.29) is 28.6 Å². The molecule has 0 bridgehead atoms. The summed E-state index contributed by atoms with van der Waals surface area (Å²) in [5.74, 6) is -0.231. The fourth-order valence-corrected chi connectivity index (χ4v) is 3.82. The lowest BCUT2D eigenvalue weighted by Gasteiger charge is -2.36. The van der Waals surface area contributed by atoms with Gasteiger partial charge in [0.05, 0.1) is 11.0 Å². The summed E-state index contributed by atoms with van der Waals surface area (Å²) in [6.45, 7) is 6.59. The number of hydrogen-bond acceptors (Lipinski definition) is 4. The first kappa shape index (κ1) is 20.7. The number of hydrogen-bond donors (Lipinski definition) is 2. The van der Waals surface area contributed by atoms with Crippen molar-refractivity contribution in [3.63, 3.8) is 0 Å². The largest absolute Gasteiger partial charge is 0.339 e. The summed E-state index contributed by atoms with van der Waals surface area (Å²) in [6, 6.07) is 5.94. The van der Waals surface area contributed by atoms with Crippen molar-refractivity contribution in [2.24, 2.45) is 0 Å². The lowest BCUT2D eigenvalue weighted by atomic mass is 10.0. The molecule has 0 radical (unpaired) electrons. The van der Waals surface area contributed by atoms with Gasteiger partial charge in [-0.05, 0) is 63.5 Å². The maximum Gasteiger partial charge on any atom is 0.235 e. The van der Waals surface area contributed by atoms with Gasteiger partial charge in [0.1, 0.15) is 5.82 Å². The van der Waals surface area contributed by atoms with Crippen molar-refractivity contribution >= 4 is 29.3 Å². The van der Waals surface area contributed by atoms with Gasteiger partial charge in [-0.1, -0.05) is 6.92 Å². The second-order valence-electron chi connectivity index (χ2n) is 6.52. The first-order chi connectivity index (χ1) is 12.5. The fourth-order valence-electron chi connectivity index (χ4n) is 3.07. The van der Waals surface area contributed by atoms with Gasteiger partial charge < -0.3 is 15.5 Å². The summed E-state index contributed by atoms with van der Waals surface area (Å²) < 4.78 is 12.9. The van der Waals surface area contributed by atoms with Gasteiger partial charge in [0.15, 0.2) is 0 Å². The average molecular weight is 382 g/mol. The van der Waals surface area contributed by atoms with E-state index in [4.69, 9.17) is 0 Å². The highest BCUT2D eigenvalue weighted by atomic mass is 32.2. The minimum absolute atomic E-state index is 0.110. The first-order valence-electron chi connectivity index (χ1n) is 9.19. The summed E-state index contributed by atoms with van der Waals surface area (Å²) in [7, 11) is 0. The van der Waals surface area contributed by atoms with Crippen LogP contribution in [0.15, 0.2) is 24.3 Å². The van der Waals surface area contributed by atoms with Crippen molar-refractivity contribution in [1.29, 1.82) is 0 Å². The van der Waals surface area contributed by atoms with Crippen LogP contribution in [0, 0.1) is 5.82 Å². The number of benzene rings is 1. The molecule has 1 aromatic carbocycles. The molecule has 1 atom stereocenters. The molecule has 2 amide bonds. The van der Waals surface area contributed by atoms with E-state index in [1.165, 1.54) is 36.0 Å². The van der Waals surface area contributed by atoms with E-state index in [2.05, 4.69) is 17.6 Å². The van der Waals surface area contributed by atoms with Crippen LogP contribution in [0.2, 0.25) is 0 Å². The summed E-state index contributed by atoms with van der Waals surface area (Å²) in [6.07, 6.45) is 2.89. The maximum atomic E-state index is 12.9. The molecule has 0 aromatic heterocycles. The predicted molar refractivity (Wildman–Crippen MR) is 105 cm³/mol. The third-order valence-corrected chi connectivity index (χ3v) is 5.57. The minimum Gasteiger partial charge on any atom is -0.339 e. The third kappa shape index (κ3) is 6.29. The quantitative estimate of drug-likeness (QED) is 0.727. The number of piperidine rings is 1. The standard InChI is InChI=1S/C19H28FN3O2S/c1-3-12-23(17-8-10-21-11-9-17)19(25)14(2)26-13-18(24)22-16-6-4-15(20)5-7-16/h4-7,14,17,21H,3,8-13H2,1-2H3,(H,22,24). The molecule has 1 fully saturated rings. The molecule has 2 rings (SSSR count). The Kier molecular flexibility index (Phi) is 8.38. The minimum atomic E-state index is -0.342. The molecule has 144 valence electrons. The number of rotatable bonds is 8. The van der Waals surface area contributed by atoms with Gasteiger partial charge >= 0.3 is 0 Å². The number of thioether (sulfide) groups is 1. The van der Waals surface area contributed by atoms with Crippen molar-refractivity contribution in [3.8, 4) is 0 Å². The number of halogens is 1. The third-order valence-electron chi connectivity index (χ3n) is 4.44. The summed E-state index contributed by atoms with van der Waals surface area (Å²) >= 11 is 1.34. The van der Waals surface area contributed by atoms with Crippen molar-refractivity contribution in [2.75, 3.05) is 30.7 Å². The van der Waals surface area contributed by atoms with Crippen LogP contribution >= 0.6 is 11.8 Å². The average Bonchev–Trinajstić information content (AvgIpc) is 2.66. The first-order valence-corrected chi connectivity index (χ1v) is 10.2. The monoisotopic (exact) mass is 381 g/mol. The SMILES string of the molecule is CCCN(C(=O)C(C)SCC(=O)Nc1ccc(F)cc1)C1CCNCC1. The zero-order valence-corrected chi connectivity index (χ0v) is 16.3. The molecule has 2 N–H and O–H groups in total. The Labute approximate surface area is 159 Å². The number of nitrogens with one attached hydrogen (secondary N) is 2. The zero-order valence-electron chi connectivity index (χ0n) is 15.5. The van der Waals surface area contributed by atoms with Crippen LogP contribution in [0.4, 0.5) is 10.1 Å².